The smallest absolute Gasteiger partial charge is 0.339 e. The van der Waals surface area contributed by atoms with E-state index in [9.17, 15) is 9.59 Å². The van der Waals surface area contributed by atoms with E-state index in [0.29, 0.717) is 0 Å². The molecular weight excluding hydrogens is 484 g/mol. The zero-order valence-electron chi connectivity index (χ0n) is 20.3. The average molecular weight is 509 g/mol. The van der Waals surface area contributed by atoms with Gasteiger partial charge in [0.05, 0.1) is 13.2 Å². The molecule has 0 amide bonds. The van der Waals surface area contributed by atoms with Crippen molar-refractivity contribution in [3.05, 3.63) is 109 Å². The van der Waals surface area contributed by atoms with Crippen LogP contribution in [-0.2, 0) is 41.8 Å². The number of esters is 2. The molecule has 0 saturated carbocycles. The molecule has 2 aliphatic rings. The number of nitrogens with zero attached hydrogens (tertiary/aromatic N) is 2. The number of carbonyl (C=O) groups excluding carboxylic acids is 2. The first-order valence-corrected chi connectivity index (χ1v) is 12.3. The van der Waals surface area contributed by atoms with E-state index in [-0.39, 0.29) is 13.2 Å². The summed E-state index contributed by atoms with van der Waals surface area (Å²) >= 11 is 0. The van der Waals surface area contributed by atoms with Crippen molar-refractivity contribution in [2.24, 2.45) is 0 Å². The third-order valence-corrected chi connectivity index (χ3v) is 6.65. The van der Waals surface area contributed by atoms with Gasteiger partial charge in [0.15, 0.2) is 24.4 Å². The maximum Gasteiger partial charge on any atom is 0.339 e. The van der Waals surface area contributed by atoms with Gasteiger partial charge in [0.2, 0.25) is 0 Å². The van der Waals surface area contributed by atoms with Crippen molar-refractivity contribution in [1.82, 2.24) is 9.97 Å². The number of aromatic nitrogens is 2. The molecule has 4 heterocycles. The molecule has 2 saturated heterocycles. The van der Waals surface area contributed by atoms with Gasteiger partial charge in [-0.2, -0.15) is 0 Å². The molecule has 190 valence electrons. The minimum absolute atomic E-state index is 0.169. The molecule has 38 heavy (non-hydrogen) atoms. The average Bonchev–Trinajstić information content (AvgIpc) is 3.44. The zero-order chi connectivity index (χ0) is 25.9. The molecule has 0 bridgehead atoms. The Balaban J connectivity index is 1.05. The van der Waals surface area contributed by atoms with Crippen LogP contribution in [0.2, 0.25) is 0 Å². The Morgan fingerprint density at radius 2 is 1.00 bits per heavy atom. The Hall–Kier alpha value is -4.40. The first kappa shape index (κ1) is 24.0. The number of fused-ring (bicyclic) bond motifs is 1. The molecule has 6 rings (SSSR count). The third-order valence-electron chi connectivity index (χ3n) is 6.65. The van der Waals surface area contributed by atoms with E-state index in [1.54, 1.807) is 24.8 Å². The minimum atomic E-state index is -1.01. The van der Waals surface area contributed by atoms with Gasteiger partial charge in [-0.15, -0.1) is 0 Å². The van der Waals surface area contributed by atoms with Crippen LogP contribution in [0.25, 0.3) is 22.3 Å². The lowest BCUT2D eigenvalue weighted by Gasteiger charge is -2.14. The molecule has 0 spiro atoms. The van der Waals surface area contributed by atoms with Crippen molar-refractivity contribution >= 4 is 11.9 Å². The maximum atomic E-state index is 12.5. The quantitative estimate of drug-likeness (QED) is 0.328. The van der Waals surface area contributed by atoms with Gasteiger partial charge in [0, 0.05) is 24.8 Å². The lowest BCUT2D eigenvalue weighted by atomic mass is 10.1. The monoisotopic (exact) mass is 508 g/mol. The molecule has 8 heteroatoms. The van der Waals surface area contributed by atoms with Crippen LogP contribution >= 0.6 is 0 Å². The van der Waals surface area contributed by atoms with Crippen molar-refractivity contribution in [2.75, 3.05) is 0 Å². The predicted octanol–water partition coefficient (Wildman–Crippen LogP) is 4.13. The Morgan fingerprint density at radius 1 is 0.579 bits per heavy atom. The van der Waals surface area contributed by atoms with Crippen molar-refractivity contribution in [3.63, 3.8) is 0 Å². The van der Waals surface area contributed by atoms with Crippen LogP contribution in [0.4, 0.5) is 0 Å². The second kappa shape index (κ2) is 10.5. The second-order valence-electron chi connectivity index (χ2n) is 9.14. The summed E-state index contributed by atoms with van der Waals surface area (Å²) in [5.74, 6) is -1.12. The van der Waals surface area contributed by atoms with Crippen molar-refractivity contribution in [2.45, 2.75) is 37.6 Å². The highest BCUT2D eigenvalue weighted by Gasteiger charge is 2.59. The molecule has 2 aromatic carbocycles. The van der Waals surface area contributed by atoms with E-state index in [1.165, 1.54) is 0 Å². The van der Waals surface area contributed by atoms with Gasteiger partial charge in [0.1, 0.15) is 0 Å². The summed E-state index contributed by atoms with van der Waals surface area (Å²) in [5, 5.41) is 0. The van der Waals surface area contributed by atoms with Crippen LogP contribution in [0.1, 0.15) is 11.1 Å². The van der Waals surface area contributed by atoms with Crippen molar-refractivity contribution in [3.8, 4) is 22.3 Å². The molecule has 4 atom stereocenters. The van der Waals surface area contributed by atoms with Gasteiger partial charge < -0.3 is 18.9 Å². The number of ether oxygens (including phenoxy) is 4. The lowest BCUT2D eigenvalue weighted by molar-refractivity contribution is -0.165. The maximum absolute atomic E-state index is 12.5. The largest absolute Gasteiger partial charge is 0.453 e. The summed E-state index contributed by atoms with van der Waals surface area (Å²) < 4.78 is 22.6. The normalized spacial score (nSPS) is 22.1. The summed E-state index contributed by atoms with van der Waals surface area (Å²) in [6.45, 7) is 0.339. The topological polar surface area (TPSA) is 96.8 Å². The van der Waals surface area contributed by atoms with Crippen LogP contribution in [0.5, 0.6) is 0 Å². The molecule has 0 radical (unpaired) electrons. The second-order valence-corrected chi connectivity index (χ2v) is 9.14. The molecule has 0 unspecified atom stereocenters. The fourth-order valence-electron chi connectivity index (χ4n) is 4.62. The van der Waals surface area contributed by atoms with Crippen LogP contribution < -0.4 is 0 Å². The summed E-state index contributed by atoms with van der Waals surface area (Å²) in [5.41, 5.74) is 5.82. The fourth-order valence-corrected chi connectivity index (χ4v) is 4.62. The minimum Gasteiger partial charge on any atom is -0.453 e. The van der Waals surface area contributed by atoms with Gasteiger partial charge in [-0.25, -0.2) is 9.59 Å². The van der Waals surface area contributed by atoms with Crippen LogP contribution in [-0.4, -0.2) is 46.3 Å². The predicted molar refractivity (Wildman–Crippen MR) is 136 cm³/mol. The van der Waals surface area contributed by atoms with E-state index in [4.69, 9.17) is 18.9 Å². The van der Waals surface area contributed by atoms with E-state index in [0.717, 1.165) is 33.4 Å². The number of rotatable bonds is 8. The van der Waals surface area contributed by atoms with Crippen molar-refractivity contribution in [1.29, 1.82) is 0 Å². The summed E-state index contributed by atoms with van der Waals surface area (Å²) in [4.78, 5) is 33.4. The highest BCUT2D eigenvalue weighted by atomic mass is 16.7. The first-order chi connectivity index (χ1) is 18.7. The Morgan fingerprint density at radius 3 is 1.37 bits per heavy atom. The Labute approximate surface area is 219 Å². The molecule has 0 N–H and O–H groups in total. The van der Waals surface area contributed by atoms with Gasteiger partial charge in [-0.3, -0.25) is 9.97 Å². The van der Waals surface area contributed by atoms with Gasteiger partial charge in [-0.1, -0.05) is 60.7 Å². The Kier molecular flexibility index (Phi) is 6.64. The first-order valence-electron chi connectivity index (χ1n) is 12.3. The van der Waals surface area contributed by atoms with E-state index >= 15 is 0 Å². The zero-order valence-corrected chi connectivity index (χ0v) is 20.3. The molecular formula is C30H24N2O6. The van der Waals surface area contributed by atoms with Crippen molar-refractivity contribution < 1.29 is 28.5 Å². The number of carbonyl (C=O) groups is 2. The number of pyridine rings is 2. The number of benzene rings is 2. The van der Waals surface area contributed by atoms with E-state index in [2.05, 4.69) is 9.97 Å². The summed E-state index contributed by atoms with van der Waals surface area (Å²) in [6.07, 6.45) is 3.35. The molecule has 2 fully saturated rings. The van der Waals surface area contributed by atoms with E-state index < -0.39 is 36.4 Å². The van der Waals surface area contributed by atoms with Crippen LogP contribution in [0, 0.1) is 0 Å². The van der Waals surface area contributed by atoms with Crippen LogP contribution in [0.15, 0.2) is 97.6 Å². The fraction of sp³-hybridized carbons (Fsp3) is 0.200. The SMILES string of the molecule is O=C1O[C@@H]2[C@@H](OC(=O)[C@@H]2OCc2ccc(-c3cccnc3)cc2)[C@H]1OCc1ccc(-c2cccnc2)cc1. The standard InChI is InChI=1S/C30H24N2O6/c33-29-27(35-17-19-5-9-21(10-6-19)23-3-1-13-31-15-23)25-26(38-29)28(30(34)37-25)36-18-20-7-11-22(12-8-20)24-4-2-14-32-16-24/h1-16,25-28H,17-18H2/t25-,26-,27-,28-/m1/s1. The summed E-state index contributed by atoms with van der Waals surface area (Å²) in [6, 6.07) is 23.3. The van der Waals surface area contributed by atoms with E-state index in [1.807, 2.05) is 72.8 Å². The van der Waals surface area contributed by atoms with Gasteiger partial charge in [0.25, 0.3) is 0 Å². The summed E-state index contributed by atoms with van der Waals surface area (Å²) in [7, 11) is 0. The van der Waals surface area contributed by atoms with Gasteiger partial charge >= 0.3 is 11.9 Å². The molecule has 8 nitrogen and oxygen atoms in total. The number of hydrogen-bond acceptors (Lipinski definition) is 8. The molecule has 2 aromatic heterocycles. The Bertz CT molecular complexity index is 1300. The molecule has 4 aromatic rings. The molecule has 0 aliphatic carbocycles. The molecule has 2 aliphatic heterocycles. The third kappa shape index (κ3) is 4.91. The van der Waals surface area contributed by atoms with Gasteiger partial charge in [-0.05, 0) is 45.5 Å². The highest BCUT2D eigenvalue weighted by Crippen LogP contribution is 2.33. The lowest BCUT2D eigenvalue weighted by Crippen LogP contribution is -2.34. The van der Waals surface area contributed by atoms with Crippen LogP contribution in [0.3, 0.4) is 0 Å². The number of hydrogen-bond donors (Lipinski definition) is 0. The highest BCUT2D eigenvalue weighted by molar-refractivity contribution is 5.85.